The second-order valence-corrected chi connectivity index (χ2v) is 4.56. The maximum Gasteiger partial charge on any atom is 0.341 e. The second-order valence-electron chi connectivity index (χ2n) is 4.56. The summed E-state index contributed by atoms with van der Waals surface area (Å²) in [6.45, 7) is 9.31. The molecule has 166 valence electrons. The van der Waals surface area contributed by atoms with Crippen molar-refractivity contribution in [3.8, 4) is 0 Å². The first kappa shape index (κ1) is 36.2. The van der Waals surface area contributed by atoms with Gasteiger partial charge in [-0.1, -0.05) is 19.7 Å². The first-order valence-corrected chi connectivity index (χ1v) is 6.42. The molecule has 0 fully saturated rings. The van der Waals surface area contributed by atoms with Crippen molar-refractivity contribution in [2.45, 2.75) is 19.3 Å². The van der Waals surface area contributed by atoms with Gasteiger partial charge in [0.2, 0.25) is 0 Å². The van der Waals surface area contributed by atoms with Crippen molar-refractivity contribution in [3.05, 3.63) is 36.5 Å². The predicted molar refractivity (Wildman–Crippen MR) is 98.8 cm³/mol. The van der Waals surface area contributed by atoms with Gasteiger partial charge in [-0.2, -0.15) is 0 Å². The molecule has 0 spiro atoms. The number of hydrogen-bond donors (Lipinski definition) is 6. The lowest BCUT2D eigenvalue weighted by Crippen LogP contribution is -2.20. The summed E-state index contributed by atoms with van der Waals surface area (Å²) in [5.74, 6) is -7.87. The van der Waals surface area contributed by atoms with E-state index in [0.717, 1.165) is 0 Å². The van der Waals surface area contributed by atoms with E-state index in [1.54, 1.807) is 0 Å². The molecule has 0 amide bonds. The van der Waals surface area contributed by atoms with Gasteiger partial charge in [0.05, 0.1) is 19.3 Å². The molecule has 0 saturated carbocycles. The summed E-state index contributed by atoms with van der Waals surface area (Å²) >= 11 is 0. The lowest BCUT2D eigenvalue weighted by Gasteiger charge is -2.06. The van der Waals surface area contributed by atoms with Crippen LogP contribution < -0.4 is 24.6 Å². The summed E-state index contributed by atoms with van der Waals surface area (Å²) < 4.78 is 8.49. The number of carbonyl (C=O) groups excluding carboxylic acids is 4. The van der Waals surface area contributed by atoms with E-state index in [4.69, 9.17) is 10.2 Å². The Hall–Kier alpha value is -3.72. The molecule has 29 heavy (non-hydrogen) atoms. The van der Waals surface area contributed by atoms with Gasteiger partial charge in [-0.05, 0) is 0 Å². The minimum absolute atomic E-state index is 0. The van der Waals surface area contributed by atoms with E-state index in [9.17, 15) is 28.8 Å². The van der Waals surface area contributed by atoms with E-state index < -0.39 is 71.8 Å². The Kier molecular flexibility index (Phi) is 20.6. The van der Waals surface area contributed by atoms with Gasteiger partial charge in [-0.3, -0.25) is 14.4 Å². The number of ether oxygens (including phenoxy) is 2. The number of rotatable bonds is 9. The molecule has 0 saturated heterocycles. The Labute approximate surface area is 165 Å². The Balaban J connectivity index is -0.000000480. The average Bonchev–Trinajstić information content (AvgIpc) is 2.45. The van der Waals surface area contributed by atoms with Gasteiger partial charge in [-0.15, -0.1) is 0 Å². The van der Waals surface area contributed by atoms with Gasteiger partial charge >= 0.3 is 35.8 Å². The molecule has 0 aliphatic carbocycles. The molecule has 0 bridgehead atoms. The minimum atomic E-state index is -1.45. The van der Waals surface area contributed by atoms with E-state index in [-0.39, 0.29) is 24.6 Å². The number of aliphatic carboxylic acids is 2. The molecule has 0 radical (unpaired) electrons. The normalized spacial score (nSPS) is 8.14. The van der Waals surface area contributed by atoms with Crippen molar-refractivity contribution in [2.75, 3.05) is 0 Å². The Morgan fingerprint density at radius 2 is 0.828 bits per heavy atom. The number of carboxylic acid groups (broad SMARTS) is 2. The summed E-state index contributed by atoms with van der Waals surface area (Å²) in [6, 6.07) is 0. The highest BCUT2D eigenvalue weighted by Gasteiger charge is 2.21. The minimum Gasteiger partial charge on any atom is -0.478 e. The largest absolute Gasteiger partial charge is 0.478 e. The molecule has 0 aliphatic heterocycles. The van der Waals surface area contributed by atoms with Gasteiger partial charge in [0.25, 0.3) is 0 Å². The van der Waals surface area contributed by atoms with Crippen molar-refractivity contribution in [2.24, 2.45) is 0 Å². The van der Waals surface area contributed by atoms with Crippen LogP contribution in [0.4, 0.5) is 0 Å². The summed E-state index contributed by atoms with van der Waals surface area (Å²) in [5, 5.41) is 17.0. The molecule has 14 nitrogen and oxygen atoms in total. The van der Waals surface area contributed by atoms with E-state index in [2.05, 4.69) is 29.2 Å². The summed E-state index contributed by atoms with van der Waals surface area (Å²) in [4.78, 5) is 66.4. The van der Waals surface area contributed by atoms with Crippen molar-refractivity contribution in [1.29, 1.82) is 0 Å². The summed E-state index contributed by atoms with van der Waals surface area (Å²) in [7, 11) is 0. The van der Waals surface area contributed by atoms with Gasteiger partial charge in [0, 0.05) is 16.7 Å². The molecule has 0 unspecified atom stereocenters. The topological polar surface area (TPSA) is 301 Å². The molecule has 0 aliphatic rings. The highest BCUT2D eigenvalue weighted by molar-refractivity contribution is 6.02. The van der Waals surface area contributed by atoms with E-state index in [0.29, 0.717) is 0 Å². The van der Waals surface area contributed by atoms with E-state index >= 15 is 0 Å². The molecular weight excluding hydrogens is 396 g/mol. The highest BCUT2D eigenvalue weighted by atomic mass is 16.6. The first-order valence-electron chi connectivity index (χ1n) is 6.42. The summed E-state index contributed by atoms with van der Waals surface area (Å²) in [6.07, 6.45) is -2.31. The van der Waals surface area contributed by atoms with Crippen molar-refractivity contribution in [3.63, 3.8) is 0 Å². The Morgan fingerprint density at radius 1 is 0.552 bits per heavy atom. The number of carbonyl (C=O) groups is 6. The van der Waals surface area contributed by atoms with Crippen LogP contribution in [0.1, 0.15) is 19.3 Å². The lowest BCUT2D eigenvalue weighted by atomic mass is 10.2. The summed E-state index contributed by atoms with van der Waals surface area (Å²) in [5.41, 5.74) is -1.54. The zero-order valence-electron chi connectivity index (χ0n) is 15.7. The van der Waals surface area contributed by atoms with Crippen LogP contribution in [0.2, 0.25) is 0 Å². The third kappa shape index (κ3) is 15.1. The maximum absolute atomic E-state index is 11.5. The lowest BCUT2D eigenvalue weighted by molar-refractivity contribution is -0.162. The van der Waals surface area contributed by atoms with Crippen molar-refractivity contribution < 1.29 is 48.5 Å². The third-order valence-electron chi connectivity index (χ3n) is 2.40. The fraction of sp³-hybridized carbons (Fsp3) is 0.200. The van der Waals surface area contributed by atoms with E-state index in [1.165, 1.54) is 0 Å². The predicted octanol–water partition coefficient (Wildman–Crippen LogP) is 0.782. The van der Waals surface area contributed by atoms with Gasteiger partial charge in [-0.25, -0.2) is 14.4 Å². The van der Waals surface area contributed by atoms with Crippen LogP contribution in [-0.4, -0.2) is 46.0 Å². The molecular formula is C15H26N4O10. The number of hydrogen-bond acceptors (Lipinski definition) is 12. The SMILES string of the molecule is C=C(CC(=O)OC(=O)CC(=C)C(=O)OC(=O)CC(=C)C(=O)O)C(=O)O.N.N.N.N. The fourth-order valence-electron chi connectivity index (χ4n) is 1.16. The fourth-order valence-corrected chi connectivity index (χ4v) is 1.16. The van der Waals surface area contributed by atoms with E-state index in [1.807, 2.05) is 0 Å². The number of esters is 4. The second kappa shape index (κ2) is 16.5. The molecule has 0 rings (SSSR count). The Bertz CT molecular complexity index is 699. The van der Waals surface area contributed by atoms with Crippen LogP contribution in [-0.2, 0) is 38.2 Å². The zero-order valence-corrected chi connectivity index (χ0v) is 15.7. The van der Waals surface area contributed by atoms with Crippen LogP contribution in [0.25, 0.3) is 0 Å². The van der Waals surface area contributed by atoms with Crippen molar-refractivity contribution >= 4 is 35.8 Å². The molecule has 14 heteroatoms. The van der Waals surface area contributed by atoms with Crippen LogP contribution >= 0.6 is 0 Å². The van der Waals surface area contributed by atoms with Crippen molar-refractivity contribution in [1.82, 2.24) is 24.6 Å². The van der Waals surface area contributed by atoms with Crippen LogP contribution in [0.5, 0.6) is 0 Å². The monoisotopic (exact) mass is 422 g/mol. The molecule has 14 N–H and O–H groups in total. The van der Waals surface area contributed by atoms with Crippen LogP contribution in [0, 0.1) is 0 Å². The zero-order chi connectivity index (χ0) is 19.7. The smallest absolute Gasteiger partial charge is 0.341 e. The molecule has 0 aromatic carbocycles. The molecule has 0 heterocycles. The quantitative estimate of drug-likeness (QED) is 0.170. The van der Waals surface area contributed by atoms with Gasteiger partial charge in [0.15, 0.2) is 0 Å². The average molecular weight is 422 g/mol. The Morgan fingerprint density at radius 3 is 1.14 bits per heavy atom. The van der Waals surface area contributed by atoms with Crippen LogP contribution in [0.3, 0.4) is 0 Å². The maximum atomic E-state index is 11.5. The van der Waals surface area contributed by atoms with Gasteiger partial charge < -0.3 is 44.3 Å². The first-order chi connectivity index (χ1) is 11.4. The standard InChI is InChI=1S/C15H14O10.4H3N/c1-7(13(19)20)4-10(16)24-11(17)6-9(3)15(23)25-12(18)5-8(2)14(21)22;;;;/h1-6H2,(H,19,20)(H,21,22);4*1H3. The van der Waals surface area contributed by atoms with Crippen LogP contribution in [0.15, 0.2) is 36.5 Å². The molecule has 0 aromatic heterocycles. The molecule has 0 atom stereocenters. The third-order valence-corrected chi connectivity index (χ3v) is 2.40. The molecule has 0 aromatic rings. The number of carboxylic acids is 2. The van der Waals surface area contributed by atoms with Gasteiger partial charge in [0.1, 0.15) is 0 Å². The highest BCUT2D eigenvalue weighted by Crippen LogP contribution is 2.08.